The van der Waals surface area contributed by atoms with Gasteiger partial charge in [0, 0.05) is 32.7 Å². The Morgan fingerprint density at radius 1 is 1.21 bits per heavy atom. The van der Waals surface area contributed by atoms with E-state index in [-0.39, 0.29) is 10.8 Å². The molecule has 5 nitrogen and oxygen atoms in total. The minimum absolute atomic E-state index is 0.0895. The molecule has 2 rings (SSSR count). The lowest BCUT2D eigenvalue weighted by atomic mass is 10.2. The first-order valence-corrected chi connectivity index (χ1v) is 7.69. The molecule has 104 valence electrons. The van der Waals surface area contributed by atoms with Crippen molar-refractivity contribution in [2.45, 2.75) is 17.7 Å². The minimum Gasteiger partial charge on any atom is -0.339 e. The molecule has 0 aromatic heterocycles. The molecular formula is C13H18N2O3S. The van der Waals surface area contributed by atoms with Gasteiger partial charge in [0.1, 0.15) is 0 Å². The maximum Gasteiger partial charge on any atom is 0.253 e. The van der Waals surface area contributed by atoms with Crippen LogP contribution in [0.5, 0.6) is 0 Å². The number of nitrogens with zero attached hydrogens (tertiary/aromatic N) is 2. The van der Waals surface area contributed by atoms with E-state index in [2.05, 4.69) is 0 Å². The molecule has 0 bridgehead atoms. The Labute approximate surface area is 113 Å². The topological polar surface area (TPSA) is 57.7 Å². The second-order valence-electron chi connectivity index (χ2n) is 4.81. The van der Waals surface area contributed by atoms with Crippen molar-refractivity contribution in [3.63, 3.8) is 0 Å². The molecule has 0 unspecified atom stereocenters. The Hall–Kier alpha value is -1.40. The number of likely N-dealkylation sites (tertiary alicyclic amines) is 1. The number of hydrogen-bond donors (Lipinski definition) is 0. The summed E-state index contributed by atoms with van der Waals surface area (Å²) >= 11 is 0. The van der Waals surface area contributed by atoms with Gasteiger partial charge >= 0.3 is 0 Å². The van der Waals surface area contributed by atoms with Crippen molar-refractivity contribution >= 4 is 15.9 Å². The quantitative estimate of drug-likeness (QED) is 0.836. The lowest BCUT2D eigenvalue weighted by molar-refractivity contribution is 0.0792. The second-order valence-corrected chi connectivity index (χ2v) is 6.97. The number of rotatable bonds is 3. The Balaban J connectivity index is 2.32. The van der Waals surface area contributed by atoms with E-state index >= 15 is 0 Å². The molecule has 19 heavy (non-hydrogen) atoms. The predicted molar refractivity (Wildman–Crippen MR) is 72.5 cm³/mol. The van der Waals surface area contributed by atoms with Gasteiger partial charge < -0.3 is 4.90 Å². The molecular weight excluding hydrogens is 264 g/mol. The van der Waals surface area contributed by atoms with Crippen LogP contribution in [0.2, 0.25) is 0 Å². The Morgan fingerprint density at radius 3 is 2.42 bits per heavy atom. The van der Waals surface area contributed by atoms with Crippen LogP contribution in [0.15, 0.2) is 29.2 Å². The Kier molecular flexibility index (Phi) is 3.91. The van der Waals surface area contributed by atoms with E-state index in [0.717, 1.165) is 30.2 Å². The summed E-state index contributed by atoms with van der Waals surface area (Å²) in [5, 5.41) is 0. The van der Waals surface area contributed by atoms with Gasteiger partial charge in [-0.2, -0.15) is 0 Å². The van der Waals surface area contributed by atoms with Crippen molar-refractivity contribution in [3.05, 3.63) is 29.8 Å². The van der Waals surface area contributed by atoms with E-state index in [9.17, 15) is 13.2 Å². The van der Waals surface area contributed by atoms with Crippen LogP contribution < -0.4 is 0 Å². The highest BCUT2D eigenvalue weighted by molar-refractivity contribution is 7.89. The fraction of sp³-hybridized carbons (Fsp3) is 0.462. The molecule has 1 amide bonds. The number of amides is 1. The molecule has 1 aliphatic rings. The summed E-state index contributed by atoms with van der Waals surface area (Å²) in [5.74, 6) is -0.0895. The van der Waals surface area contributed by atoms with E-state index < -0.39 is 10.0 Å². The maximum atomic E-state index is 12.2. The largest absolute Gasteiger partial charge is 0.339 e. The molecule has 0 atom stereocenters. The second kappa shape index (κ2) is 5.30. The molecule has 0 N–H and O–H groups in total. The standard InChI is InChI=1S/C13H18N2O3S/c1-14(2)19(17,18)12-7-5-6-11(10-12)13(16)15-8-3-4-9-15/h5-7,10H,3-4,8-9H2,1-2H3. The number of carbonyl (C=O) groups is 1. The number of hydrogen-bond acceptors (Lipinski definition) is 3. The van der Waals surface area contributed by atoms with Crippen molar-refractivity contribution in [1.82, 2.24) is 9.21 Å². The van der Waals surface area contributed by atoms with E-state index in [0.29, 0.717) is 5.56 Å². The molecule has 1 heterocycles. The SMILES string of the molecule is CN(C)S(=O)(=O)c1cccc(C(=O)N2CCCC2)c1. The van der Waals surface area contributed by atoms with Gasteiger partial charge in [-0.3, -0.25) is 4.79 Å². The maximum absolute atomic E-state index is 12.2. The molecule has 0 radical (unpaired) electrons. The summed E-state index contributed by atoms with van der Waals surface area (Å²) in [6.07, 6.45) is 2.03. The molecule has 0 saturated carbocycles. The summed E-state index contributed by atoms with van der Waals surface area (Å²) in [6.45, 7) is 1.51. The van der Waals surface area contributed by atoms with Gasteiger partial charge in [-0.15, -0.1) is 0 Å². The lowest BCUT2D eigenvalue weighted by Gasteiger charge is -2.16. The fourth-order valence-corrected chi connectivity index (χ4v) is 3.05. The van der Waals surface area contributed by atoms with E-state index in [4.69, 9.17) is 0 Å². The molecule has 1 aliphatic heterocycles. The minimum atomic E-state index is -3.49. The highest BCUT2D eigenvalue weighted by atomic mass is 32.2. The zero-order chi connectivity index (χ0) is 14.0. The summed E-state index contributed by atoms with van der Waals surface area (Å²) in [6, 6.07) is 6.24. The van der Waals surface area contributed by atoms with Gasteiger partial charge in [0.05, 0.1) is 4.90 Å². The first-order chi connectivity index (χ1) is 8.93. The third kappa shape index (κ3) is 2.79. The first-order valence-electron chi connectivity index (χ1n) is 6.25. The molecule has 1 aromatic carbocycles. The van der Waals surface area contributed by atoms with Crippen molar-refractivity contribution in [2.24, 2.45) is 0 Å². The molecule has 0 aliphatic carbocycles. The van der Waals surface area contributed by atoms with Gasteiger partial charge in [-0.1, -0.05) is 6.07 Å². The third-order valence-electron chi connectivity index (χ3n) is 3.25. The number of carbonyl (C=O) groups excluding carboxylic acids is 1. The molecule has 1 fully saturated rings. The van der Waals surface area contributed by atoms with Crippen LogP contribution >= 0.6 is 0 Å². The lowest BCUT2D eigenvalue weighted by Crippen LogP contribution is -2.28. The Morgan fingerprint density at radius 2 is 1.84 bits per heavy atom. The molecule has 1 aromatic rings. The monoisotopic (exact) mass is 282 g/mol. The molecule has 0 spiro atoms. The fourth-order valence-electron chi connectivity index (χ4n) is 2.10. The highest BCUT2D eigenvalue weighted by Crippen LogP contribution is 2.18. The normalized spacial score (nSPS) is 16.1. The summed E-state index contributed by atoms with van der Waals surface area (Å²) in [5.41, 5.74) is 0.435. The van der Waals surface area contributed by atoms with Crippen molar-refractivity contribution < 1.29 is 13.2 Å². The van der Waals surface area contributed by atoms with Crippen LogP contribution in [0.3, 0.4) is 0 Å². The van der Waals surface area contributed by atoms with Gasteiger partial charge in [0.2, 0.25) is 10.0 Å². The molecule has 1 saturated heterocycles. The van der Waals surface area contributed by atoms with Crippen LogP contribution in [0.25, 0.3) is 0 Å². The van der Waals surface area contributed by atoms with Crippen LogP contribution in [0, 0.1) is 0 Å². The number of sulfonamides is 1. The van der Waals surface area contributed by atoms with E-state index in [1.54, 1.807) is 17.0 Å². The average Bonchev–Trinajstić information content (AvgIpc) is 2.91. The summed E-state index contributed by atoms with van der Waals surface area (Å²) in [7, 11) is -0.541. The predicted octanol–water partition coefficient (Wildman–Crippen LogP) is 1.17. The smallest absolute Gasteiger partial charge is 0.253 e. The molecule has 6 heteroatoms. The van der Waals surface area contributed by atoms with Gasteiger partial charge in [0.15, 0.2) is 0 Å². The zero-order valence-electron chi connectivity index (χ0n) is 11.2. The van der Waals surface area contributed by atoms with Crippen LogP contribution in [-0.4, -0.2) is 50.7 Å². The van der Waals surface area contributed by atoms with Gasteiger partial charge in [0.25, 0.3) is 5.91 Å². The zero-order valence-corrected chi connectivity index (χ0v) is 12.0. The highest BCUT2D eigenvalue weighted by Gasteiger charge is 2.22. The average molecular weight is 282 g/mol. The van der Waals surface area contributed by atoms with Crippen LogP contribution in [-0.2, 0) is 10.0 Å². The van der Waals surface area contributed by atoms with Crippen molar-refractivity contribution in [1.29, 1.82) is 0 Å². The van der Waals surface area contributed by atoms with Gasteiger partial charge in [-0.05, 0) is 31.0 Å². The van der Waals surface area contributed by atoms with Crippen molar-refractivity contribution in [2.75, 3.05) is 27.2 Å². The van der Waals surface area contributed by atoms with Crippen LogP contribution in [0.1, 0.15) is 23.2 Å². The van der Waals surface area contributed by atoms with E-state index in [1.807, 2.05) is 0 Å². The Bertz CT molecular complexity index is 575. The van der Waals surface area contributed by atoms with E-state index in [1.165, 1.54) is 26.2 Å². The van der Waals surface area contributed by atoms with Crippen molar-refractivity contribution in [3.8, 4) is 0 Å². The summed E-state index contributed by atoms with van der Waals surface area (Å²) < 4.78 is 25.2. The first kappa shape index (κ1) is 14.0. The third-order valence-corrected chi connectivity index (χ3v) is 5.06. The number of benzene rings is 1. The van der Waals surface area contributed by atoms with Crippen LogP contribution in [0.4, 0.5) is 0 Å². The summed E-state index contributed by atoms with van der Waals surface area (Å²) in [4.78, 5) is 14.1. The van der Waals surface area contributed by atoms with Gasteiger partial charge in [-0.25, -0.2) is 12.7 Å².